The lowest BCUT2D eigenvalue weighted by atomic mass is 10.2. The van der Waals surface area contributed by atoms with Crippen molar-refractivity contribution >= 4 is 20.8 Å². The van der Waals surface area contributed by atoms with Crippen LogP contribution in [0.3, 0.4) is 0 Å². The molecule has 0 aliphatic carbocycles. The van der Waals surface area contributed by atoms with Crippen molar-refractivity contribution in [2.24, 2.45) is 0 Å². The number of hydrogen-bond donors (Lipinski definition) is 2. The first-order valence-electron chi connectivity index (χ1n) is 6.70. The largest absolute Gasteiger partial charge is 0.378 e. The molecule has 112 valence electrons. The smallest absolute Gasteiger partial charge is 0.241 e. The Bertz CT molecular complexity index is 743. The monoisotopic (exact) mass is 307 g/mol. The van der Waals surface area contributed by atoms with Gasteiger partial charge in [0.15, 0.2) is 0 Å². The van der Waals surface area contributed by atoms with Crippen LogP contribution in [0, 0.1) is 0 Å². The summed E-state index contributed by atoms with van der Waals surface area (Å²) in [4.78, 5) is 4.29. The lowest BCUT2D eigenvalue weighted by Crippen LogP contribution is -2.43. The minimum absolute atomic E-state index is 0.156. The lowest BCUT2D eigenvalue weighted by Gasteiger charge is -2.19. The van der Waals surface area contributed by atoms with E-state index in [2.05, 4.69) is 15.0 Å². The number of nitrogens with zero attached hydrogens (tertiary/aromatic N) is 1. The molecular formula is C14H17N3O3S. The van der Waals surface area contributed by atoms with Crippen molar-refractivity contribution in [1.29, 1.82) is 0 Å². The summed E-state index contributed by atoms with van der Waals surface area (Å²) in [6, 6.07) is 6.62. The molecule has 1 aliphatic heterocycles. The molecule has 2 N–H and O–H groups in total. The SMILES string of the molecule is CO[C@H]1CNCC1NS(=O)(=O)c1cccc2cnccc12. The minimum atomic E-state index is -3.61. The standard InChI is InChI=1S/C14H17N3O3S/c1-20-13-9-16-8-12(13)17-21(18,19)14-4-2-3-10-7-15-6-5-11(10)14/h2-7,12-13,16-17H,8-9H2,1H3/t12?,13-/m0/s1. The first-order valence-corrected chi connectivity index (χ1v) is 8.19. The Hall–Kier alpha value is -1.54. The van der Waals surface area contributed by atoms with Gasteiger partial charge in [-0.1, -0.05) is 12.1 Å². The van der Waals surface area contributed by atoms with Crippen LogP contribution >= 0.6 is 0 Å². The quantitative estimate of drug-likeness (QED) is 0.860. The molecule has 3 rings (SSSR count). The summed E-state index contributed by atoms with van der Waals surface area (Å²) in [7, 11) is -2.03. The van der Waals surface area contributed by atoms with Crippen LogP contribution in [0.1, 0.15) is 0 Å². The molecule has 1 aromatic heterocycles. The molecular weight excluding hydrogens is 290 g/mol. The van der Waals surface area contributed by atoms with Gasteiger partial charge in [-0.15, -0.1) is 0 Å². The molecule has 0 saturated carbocycles. The van der Waals surface area contributed by atoms with Crippen LogP contribution in [0.25, 0.3) is 10.8 Å². The number of benzene rings is 1. The maximum Gasteiger partial charge on any atom is 0.241 e. The summed E-state index contributed by atoms with van der Waals surface area (Å²) < 4.78 is 33.3. The van der Waals surface area contributed by atoms with Crippen molar-refractivity contribution in [3.05, 3.63) is 36.7 Å². The van der Waals surface area contributed by atoms with E-state index in [4.69, 9.17) is 4.74 Å². The van der Waals surface area contributed by atoms with Crippen LogP contribution in [0.4, 0.5) is 0 Å². The van der Waals surface area contributed by atoms with E-state index in [1.807, 2.05) is 6.07 Å². The summed E-state index contributed by atoms with van der Waals surface area (Å²) in [6.45, 7) is 1.20. The zero-order chi connectivity index (χ0) is 14.9. The molecule has 1 aliphatic rings. The first kappa shape index (κ1) is 14.4. The second-order valence-corrected chi connectivity index (χ2v) is 6.70. The second-order valence-electron chi connectivity index (χ2n) is 5.01. The van der Waals surface area contributed by atoms with Gasteiger partial charge in [0.1, 0.15) is 0 Å². The molecule has 2 atom stereocenters. The molecule has 1 aromatic carbocycles. The number of pyridine rings is 1. The summed E-state index contributed by atoms with van der Waals surface area (Å²) in [5.74, 6) is 0. The van der Waals surface area contributed by atoms with E-state index >= 15 is 0 Å². The van der Waals surface area contributed by atoms with Crippen molar-refractivity contribution in [2.45, 2.75) is 17.0 Å². The molecule has 7 heteroatoms. The summed E-state index contributed by atoms with van der Waals surface area (Å²) in [5, 5.41) is 4.59. The Morgan fingerprint density at radius 3 is 3.00 bits per heavy atom. The van der Waals surface area contributed by atoms with Crippen LogP contribution in [-0.4, -0.2) is 45.7 Å². The fourth-order valence-electron chi connectivity index (χ4n) is 2.61. The van der Waals surface area contributed by atoms with Crippen molar-refractivity contribution in [1.82, 2.24) is 15.0 Å². The van der Waals surface area contributed by atoms with Crippen LogP contribution < -0.4 is 10.0 Å². The van der Waals surface area contributed by atoms with Crippen LogP contribution in [0.5, 0.6) is 0 Å². The van der Waals surface area contributed by atoms with Gasteiger partial charge in [-0.05, 0) is 12.1 Å². The Labute approximate surface area is 123 Å². The maximum atomic E-state index is 12.6. The van der Waals surface area contributed by atoms with Crippen LogP contribution in [-0.2, 0) is 14.8 Å². The topological polar surface area (TPSA) is 80.3 Å². The summed E-state index contributed by atoms with van der Waals surface area (Å²) in [6.07, 6.45) is 3.09. The number of methoxy groups -OCH3 is 1. The van der Waals surface area contributed by atoms with E-state index in [9.17, 15) is 8.42 Å². The average molecular weight is 307 g/mol. The number of aromatic nitrogens is 1. The third-order valence-electron chi connectivity index (χ3n) is 3.70. The normalized spacial score (nSPS) is 22.7. The van der Waals surface area contributed by atoms with Gasteiger partial charge in [0.05, 0.1) is 17.0 Å². The van der Waals surface area contributed by atoms with E-state index in [0.29, 0.717) is 18.5 Å². The van der Waals surface area contributed by atoms with E-state index in [1.54, 1.807) is 37.7 Å². The maximum absolute atomic E-state index is 12.6. The van der Waals surface area contributed by atoms with Gasteiger partial charge in [-0.25, -0.2) is 13.1 Å². The number of nitrogens with one attached hydrogen (secondary N) is 2. The second kappa shape index (κ2) is 5.69. The minimum Gasteiger partial charge on any atom is -0.378 e. The van der Waals surface area contributed by atoms with E-state index < -0.39 is 10.0 Å². The zero-order valence-corrected chi connectivity index (χ0v) is 12.4. The predicted octanol–water partition coefficient (Wildman–Crippen LogP) is 0.500. The fourth-order valence-corrected chi connectivity index (χ4v) is 4.10. The molecule has 21 heavy (non-hydrogen) atoms. The van der Waals surface area contributed by atoms with Gasteiger partial charge in [0.25, 0.3) is 0 Å². The van der Waals surface area contributed by atoms with E-state index in [-0.39, 0.29) is 17.0 Å². The predicted molar refractivity (Wildman–Crippen MR) is 79.5 cm³/mol. The molecule has 1 fully saturated rings. The molecule has 6 nitrogen and oxygen atoms in total. The van der Waals surface area contributed by atoms with Gasteiger partial charge in [-0.2, -0.15) is 0 Å². The van der Waals surface area contributed by atoms with Crippen LogP contribution in [0.2, 0.25) is 0 Å². The van der Waals surface area contributed by atoms with Gasteiger partial charge < -0.3 is 10.1 Å². The highest BCUT2D eigenvalue weighted by Crippen LogP contribution is 2.22. The number of rotatable bonds is 4. The molecule has 1 saturated heterocycles. The van der Waals surface area contributed by atoms with Gasteiger partial charge in [-0.3, -0.25) is 4.98 Å². The highest BCUT2D eigenvalue weighted by molar-refractivity contribution is 7.89. The molecule has 0 radical (unpaired) electrons. The number of sulfonamides is 1. The Morgan fingerprint density at radius 2 is 2.19 bits per heavy atom. The van der Waals surface area contributed by atoms with Crippen molar-refractivity contribution in [3.63, 3.8) is 0 Å². The lowest BCUT2D eigenvalue weighted by molar-refractivity contribution is 0.103. The molecule has 2 aromatic rings. The third kappa shape index (κ3) is 2.77. The summed E-state index contributed by atoms with van der Waals surface area (Å²) >= 11 is 0. The zero-order valence-electron chi connectivity index (χ0n) is 11.6. The van der Waals surface area contributed by atoms with E-state index in [1.165, 1.54) is 0 Å². The number of fused-ring (bicyclic) bond motifs is 1. The van der Waals surface area contributed by atoms with E-state index in [0.717, 1.165) is 5.39 Å². The Balaban J connectivity index is 1.97. The molecule has 0 amide bonds. The van der Waals surface area contributed by atoms with Crippen molar-refractivity contribution < 1.29 is 13.2 Å². The molecule has 0 spiro atoms. The number of ether oxygens (including phenoxy) is 1. The molecule has 0 bridgehead atoms. The van der Waals surface area contributed by atoms with Crippen molar-refractivity contribution in [2.75, 3.05) is 20.2 Å². The van der Waals surface area contributed by atoms with Crippen LogP contribution in [0.15, 0.2) is 41.6 Å². The first-order chi connectivity index (χ1) is 10.1. The third-order valence-corrected chi connectivity index (χ3v) is 5.25. The Morgan fingerprint density at radius 1 is 1.33 bits per heavy atom. The Kier molecular flexibility index (Phi) is 3.90. The number of hydrogen-bond acceptors (Lipinski definition) is 5. The van der Waals surface area contributed by atoms with Gasteiger partial charge in [0, 0.05) is 43.4 Å². The molecule has 1 unspecified atom stereocenters. The van der Waals surface area contributed by atoms with Gasteiger partial charge in [0.2, 0.25) is 10.0 Å². The highest BCUT2D eigenvalue weighted by Gasteiger charge is 2.31. The summed E-state index contributed by atoms with van der Waals surface area (Å²) in [5.41, 5.74) is 0. The molecule has 2 heterocycles. The van der Waals surface area contributed by atoms with Crippen molar-refractivity contribution in [3.8, 4) is 0 Å². The fraction of sp³-hybridized carbons (Fsp3) is 0.357. The average Bonchev–Trinajstić information content (AvgIpc) is 2.93. The van der Waals surface area contributed by atoms with Gasteiger partial charge >= 0.3 is 0 Å². The highest BCUT2D eigenvalue weighted by atomic mass is 32.2.